The maximum Gasteiger partial charge on any atom is 0.224 e. The van der Waals surface area contributed by atoms with Crippen molar-refractivity contribution in [3.8, 4) is 0 Å². The number of unbranched alkanes of at least 4 members (excludes halogenated alkanes) is 2. The van der Waals surface area contributed by atoms with E-state index in [1.54, 1.807) is 0 Å². The lowest BCUT2D eigenvalue weighted by Gasteiger charge is -2.14. The van der Waals surface area contributed by atoms with Crippen LogP contribution < -0.4 is 10.6 Å². The molecule has 1 atom stereocenters. The number of nitrogens with one attached hydrogen (secondary N) is 2. The maximum absolute atomic E-state index is 11.7. The minimum absolute atomic E-state index is 0.114. The van der Waals surface area contributed by atoms with Crippen molar-refractivity contribution in [2.45, 2.75) is 58.9 Å². The molecule has 0 fully saturated rings. The van der Waals surface area contributed by atoms with E-state index in [-0.39, 0.29) is 5.91 Å². The number of amides is 1. The number of benzene rings is 1. The number of hydrogen-bond acceptors (Lipinski definition) is 2. The summed E-state index contributed by atoms with van der Waals surface area (Å²) in [6.45, 7) is 7.49. The van der Waals surface area contributed by atoms with Crippen LogP contribution in [0.2, 0.25) is 0 Å². The molecule has 2 N–H and O–H groups in total. The predicted octanol–water partition coefficient (Wildman–Crippen LogP) is 4.27. The summed E-state index contributed by atoms with van der Waals surface area (Å²) in [7, 11) is 0. The Labute approximate surface area is 123 Å². The van der Waals surface area contributed by atoms with Crippen molar-refractivity contribution in [2.24, 2.45) is 0 Å². The zero-order valence-electron chi connectivity index (χ0n) is 13.0. The number of hydrogen-bond donors (Lipinski definition) is 2. The summed E-state index contributed by atoms with van der Waals surface area (Å²) in [5.41, 5.74) is 2.14. The molecule has 0 aromatic heterocycles. The Morgan fingerprint density at radius 3 is 2.40 bits per heavy atom. The molecule has 0 spiro atoms. The molecule has 0 aliphatic rings. The zero-order valence-corrected chi connectivity index (χ0v) is 13.0. The maximum atomic E-state index is 11.7. The average molecular weight is 276 g/mol. The average Bonchev–Trinajstić information content (AvgIpc) is 2.46. The SMILES string of the molecule is CCCCCC(=O)Nc1ccc(C(C)NCCC)cc1. The van der Waals surface area contributed by atoms with Gasteiger partial charge in [0.25, 0.3) is 0 Å². The van der Waals surface area contributed by atoms with Gasteiger partial charge in [0.1, 0.15) is 0 Å². The molecule has 3 nitrogen and oxygen atoms in total. The number of carbonyl (C=O) groups excluding carboxylic acids is 1. The van der Waals surface area contributed by atoms with Crippen molar-refractivity contribution in [3.05, 3.63) is 29.8 Å². The highest BCUT2D eigenvalue weighted by molar-refractivity contribution is 5.90. The van der Waals surface area contributed by atoms with Crippen LogP contribution in [0.15, 0.2) is 24.3 Å². The fraction of sp³-hybridized carbons (Fsp3) is 0.588. The van der Waals surface area contributed by atoms with E-state index in [2.05, 4.69) is 43.5 Å². The fourth-order valence-electron chi connectivity index (χ4n) is 2.09. The van der Waals surface area contributed by atoms with E-state index in [4.69, 9.17) is 0 Å². The highest BCUT2D eigenvalue weighted by atomic mass is 16.1. The molecule has 1 amide bonds. The van der Waals surface area contributed by atoms with Crippen molar-refractivity contribution in [1.29, 1.82) is 0 Å². The summed E-state index contributed by atoms with van der Waals surface area (Å²) in [4.78, 5) is 11.7. The van der Waals surface area contributed by atoms with Gasteiger partial charge >= 0.3 is 0 Å². The summed E-state index contributed by atoms with van der Waals surface area (Å²) in [6, 6.07) is 8.47. The standard InChI is InChI=1S/C17H28N2O/c1-4-6-7-8-17(20)19-16-11-9-15(10-12-16)14(3)18-13-5-2/h9-12,14,18H,4-8,13H2,1-3H3,(H,19,20). The van der Waals surface area contributed by atoms with Crippen molar-refractivity contribution < 1.29 is 4.79 Å². The minimum atomic E-state index is 0.114. The third-order valence-corrected chi connectivity index (χ3v) is 3.40. The molecule has 112 valence electrons. The second-order valence-electron chi connectivity index (χ2n) is 5.30. The van der Waals surface area contributed by atoms with Gasteiger partial charge in [0, 0.05) is 18.2 Å². The van der Waals surface area contributed by atoms with Gasteiger partial charge in [-0.25, -0.2) is 0 Å². The van der Waals surface area contributed by atoms with E-state index in [1.807, 2.05) is 12.1 Å². The minimum Gasteiger partial charge on any atom is -0.326 e. The molecule has 0 aliphatic carbocycles. The van der Waals surface area contributed by atoms with Crippen molar-refractivity contribution in [1.82, 2.24) is 5.32 Å². The first-order valence-corrected chi connectivity index (χ1v) is 7.80. The molecule has 3 heteroatoms. The quantitative estimate of drug-likeness (QED) is 0.661. The van der Waals surface area contributed by atoms with E-state index < -0.39 is 0 Å². The molecule has 0 bridgehead atoms. The summed E-state index contributed by atoms with van der Waals surface area (Å²) >= 11 is 0. The van der Waals surface area contributed by atoms with Crippen LogP contribution in [0.5, 0.6) is 0 Å². The molecule has 0 saturated carbocycles. The van der Waals surface area contributed by atoms with Gasteiger partial charge in [-0.15, -0.1) is 0 Å². The highest BCUT2D eigenvalue weighted by Crippen LogP contribution is 2.16. The molecule has 0 heterocycles. The Hall–Kier alpha value is -1.35. The van der Waals surface area contributed by atoms with E-state index in [0.717, 1.165) is 37.9 Å². The number of anilines is 1. The van der Waals surface area contributed by atoms with Crippen LogP contribution in [0.1, 0.15) is 64.5 Å². The van der Waals surface area contributed by atoms with E-state index in [9.17, 15) is 4.79 Å². The van der Waals surface area contributed by atoms with Gasteiger partial charge in [-0.1, -0.05) is 38.8 Å². The molecule has 1 aromatic rings. The Morgan fingerprint density at radius 2 is 1.80 bits per heavy atom. The molecule has 0 saturated heterocycles. The van der Waals surface area contributed by atoms with Gasteiger partial charge in [0.05, 0.1) is 0 Å². The Bertz CT molecular complexity index is 386. The van der Waals surface area contributed by atoms with Crippen molar-refractivity contribution >= 4 is 11.6 Å². The van der Waals surface area contributed by atoms with Crippen LogP contribution in [0, 0.1) is 0 Å². The van der Waals surface area contributed by atoms with Gasteiger partial charge in [0.2, 0.25) is 5.91 Å². The topological polar surface area (TPSA) is 41.1 Å². The van der Waals surface area contributed by atoms with Crippen LogP contribution in [-0.4, -0.2) is 12.5 Å². The Kier molecular flexibility index (Phi) is 7.97. The van der Waals surface area contributed by atoms with E-state index >= 15 is 0 Å². The van der Waals surface area contributed by atoms with Crippen LogP contribution in [0.3, 0.4) is 0 Å². The molecular formula is C17H28N2O. The monoisotopic (exact) mass is 276 g/mol. The molecule has 0 aliphatic heterocycles. The van der Waals surface area contributed by atoms with Crippen molar-refractivity contribution in [3.63, 3.8) is 0 Å². The van der Waals surface area contributed by atoms with Crippen LogP contribution in [0.25, 0.3) is 0 Å². The van der Waals surface area contributed by atoms with Gasteiger partial charge in [-0.3, -0.25) is 4.79 Å². The largest absolute Gasteiger partial charge is 0.326 e. The lowest BCUT2D eigenvalue weighted by atomic mass is 10.1. The molecule has 1 rings (SSSR count). The van der Waals surface area contributed by atoms with E-state index in [0.29, 0.717) is 12.5 Å². The number of rotatable bonds is 9. The third kappa shape index (κ3) is 6.20. The van der Waals surface area contributed by atoms with Gasteiger partial charge in [-0.05, 0) is 44.0 Å². The lowest BCUT2D eigenvalue weighted by molar-refractivity contribution is -0.116. The Balaban J connectivity index is 2.43. The molecular weight excluding hydrogens is 248 g/mol. The van der Waals surface area contributed by atoms with Gasteiger partial charge in [-0.2, -0.15) is 0 Å². The third-order valence-electron chi connectivity index (χ3n) is 3.40. The van der Waals surface area contributed by atoms with E-state index in [1.165, 1.54) is 5.56 Å². The second kappa shape index (κ2) is 9.54. The Morgan fingerprint density at radius 1 is 1.10 bits per heavy atom. The molecule has 1 aromatic carbocycles. The lowest BCUT2D eigenvalue weighted by Crippen LogP contribution is -2.19. The zero-order chi connectivity index (χ0) is 14.8. The van der Waals surface area contributed by atoms with Crippen LogP contribution >= 0.6 is 0 Å². The second-order valence-corrected chi connectivity index (χ2v) is 5.30. The first-order valence-electron chi connectivity index (χ1n) is 7.80. The summed E-state index contributed by atoms with van der Waals surface area (Å²) < 4.78 is 0. The summed E-state index contributed by atoms with van der Waals surface area (Å²) in [6.07, 6.45) is 4.98. The first kappa shape index (κ1) is 16.7. The summed E-state index contributed by atoms with van der Waals surface area (Å²) in [5, 5.41) is 6.41. The number of carbonyl (C=O) groups is 1. The van der Waals surface area contributed by atoms with Crippen LogP contribution in [-0.2, 0) is 4.79 Å². The van der Waals surface area contributed by atoms with Gasteiger partial charge in [0.15, 0.2) is 0 Å². The normalized spacial score (nSPS) is 12.2. The fourth-order valence-corrected chi connectivity index (χ4v) is 2.09. The molecule has 20 heavy (non-hydrogen) atoms. The molecule has 1 unspecified atom stereocenters. The summed E-state index contributed by atoms with van der Waals surface area (Å²) in [5.74, 6) is 0.114. The van der Waals surface area contributed by atoms with Crippen LogP contribution in [0.4, 0.5) is 5.69 Å². The predicted molar refractivity (Wildman–Crippen MR) is 85.9 cm³/mol. The molecule has 0 radical (unpaired) electrons. The first-order chi connectivity index (χ1) is 9.67. The highest BCUT2D eigenvalue weighted by Gasteiger charge is 2.05. The van der Waals surface area contributed by atoms with Gasteiger partial charge < -0.3 is 10.6 Å². The smallest absolute Gasteiger partial charge is 0.224 e. The van der Waals surface area contributed by atoms with Crippen molar-refractivity contribution in [2.75, 3.05) is 11.9 Å².